The van der Waals surface area contributed by atoms with Crippen molar-refractivity contribution in [2.75, 3.05) is 11.9 Å². The second-order valence-corrected chi connectivity index (χ2v) is 5.87. The van der Waals surface area contributed by atoms with Gasteiger partial charge in [0.05, 0.1) is 5.56 Å². The predicted molar refractivity (Wildman–Crippen MR) is 100 cm³/mol. The summed E-state index contributed by atoms with van der Waals surface area (Å²) in [4.78, 5) is 16.4. The Morgan fingerprint density at radius 2 is 1.73 bits per heavy atom. The first-order valence-electron chi connectivity index (χ1n) is 8.48. The van der Waals surface area contributed by atoms with Crippen molar-refractivity contribution < 1.29 is 9.18 Å². The quantitative estimate of drug-likeness (QED) is 0.682. The van der Waals surface area contributed by atoms with Crippen molar-refractivity contribution in [3.8, 4) is 0 Å². The standard InChI is InChI=1S/C21H20FN3O/c22-19-9-5-4-8-17(19)12-13-23-21(26)18-10-11-20(25-15-18)24-14-16-6-2-1-3-7-16/h1-11,15H,12-14H2,(H,23,26)(H,24,25). The number of aromatic nitrogens is 1. The van der Waals surface area contributed by atoms with Gasteiger partial charge in [0.25, 0.3) is 5.91 Å². The Morgan fingerprint density at radius 3 is 2.46 bits per heavy atom. The molecule has 1 amide bonds. The van der Waals surface area contributed by atoms with Crippen LogP contribution in [0.2, 0.25) is 0 Å². The van der Waals surface area contributed by atoms with Gasteiger partial charge in [-0.15, -0.1) is 0 Å². The molecule has 26 heavy (non-hydrogen) atoms. The number of hydrogen-bond donors (Lipinski definition) is 2. The van der Waals surface area contributed by atoms with Crippen LogP contribution in [0, 0.1) is 5.82 Å². The second kappa shape index (κ2) is 8.76. The van der Waals surface area contributed by atoms with Crippen LogP contribution >= 0.6 is 0 Å². The number of pyridine rings is 1. The molecular weight excluding hydrogens is 329 g/mol. The molecule has 0 aliphatic heterocycles. The third-order valence-electron chi connectivity index (χ3n) is 3.98. The van der Waals surface area contributed by atoms with E-state index >= 15 is 0 Å². The van der Waals surface area contributed by atoms with E-state index in [0.29, 0.717) is 36.5 Å². The van der Waals surface area contributed by atoms with Gasteiger partial charge in [-0.05, 0) is 35.7 Å². The van der Waals surface area contributed by atoms with Crippen LogP contribution in [-0.4, -0.2) is 17.4 Å². The normalized spacial score (nSPS) is 10.3. The Kier molecular flexibility index (Phi) is 5.93. The van der Waals surface area contributed by atoms with Crippen molar-refractivity contribution in [3.05, 3.63) is 95.4 Å². The van der Waals surface area contributed by atoms with Crippen molar-refractivity contribution in [1.29, 1.82) is 0 Å². The van der Waals surface area contributed by atoms with E-state index in [4.69, 9.17) is 0 Å². The van der Waals surface area contributed by atoms with E-state index in [1.807, 2.05) is 30.3 Å². The number of halogens is 1. The average Bonchev–Trinajstić information content (AvgIpc) is 2.69. The Balaban J connectivity index is 1.48. The third-order valence-corrected chi connectivity index (χ3v) is 3.98. The maximum atomic E-state index is 13.5. The van der Waals surface area contributed by atoms with Gasteiger partial charge in [-0.1, -0.05) is 48.5 Å². The molecule has 5 heteroatoms. The maximum absolute atomic E-state index is 13.5. The molecule has 3 aromatic rings. The SMILES string of the molecule is O=C(NCCc1ccccc1F)c1ccc(NCc2ccccc2)nc1. The fourth-order valence-electron chi connectivity index (χ4n) is 2.54. The summed E-state index contributed by atoms with van der Waals surface area (Å²) in [6.45, 7) is 1.04. The second-order valence-electron chi connectivity index (χ2n) is 5.87. The van der Waals surface area contributed by atoms with Gasteiger partial charge in [-0.3, -0.25) is 4.79 Å². The lowest BCUT2D eigenvalue weighted by Gasteiger charge is -2.08. The van der Waals surface area contributed by atoms with Crippen molar-refractivity contribution in [1.82, 2.24) is 10.3 Å². The van der Waals surface area contributed by atoms with Crippen molar-refractivity contribution in [3.63, 3.8) is 0 Å². The highest BCUT2D eigenvalue weighted by Gasteiger charge is 2.07. The van der Waals surface area contributed by atoms with E-state index in [1.165, 1.54) is 12.3 Å². The Morgan fingerprint density at radius 1 is 0.962 bits per heavy atom. The van der Waals surface area contributed by atoms with Crippen LogP contribution in [0.3, 0.4) is 0 Å². The zero-order chi connectivity index (χ0) is 18.2. The van der Waals surface area contributed by atoms with Crippen molar-refractivity contribution >= 4 is 11.7 Å². The molecule has 0 bridgehead atoms. The van der Waals surface area contributed by atoms with E-state index < -0.39 is 0 Å². The Bertz CT molecular complexity index is 851. The van der Waals surface area contributed by atoms with E-state index in [2.05, 4.69) is 15.6 Å². The largest absolute Gasteiger partial charge is 0.366 e. The van der Waals surface area contributed by atoms with Crippen LogP contribution in [0.25, 0.3) is 0 Å². The topological polar surface area (TPSA) is 54.0 Å². The molecule has 0 saturated heterocycles. The summed E-state index contributed by atoms with van der Waals surface area (Å²) in [5, 5.41) is 6.00. The highest BCUT2D eigenvalue weighted by atomic mass is 19.1. The van der Waals surface area contributed by atoms with Crippen molar-refractivity contribution in [2.24, 2.45) is 0 Å². The van der Waals surface area contributed by atoms with Crippen LogP contribution in [0.4, 0.5) is 10.2 Å². The number of nitrogens with one attached hydrogen (secondary N) is 2. The van der Waals surface area contributed by atoms with Gasteiger partial charge in [-0.2, -0.15) is 0 Å². The van der Waals surface area contributed by atoms with Crippen LogP contribution in [0.1, 0.15) is 21.5 Å². The molecule has 0 fully saturated rings. The lowest BCUT2D eigenvalue weighted by Crippen LogP contribution is -2.26. The number of carbonyl (C=O) groups is 1. The van der Waals surface area contributed by atoms with Gasteiger partial charge >= 0.3 is 0 Å². The monoisotopic (exact) mass is 349 g/mol. The molecule has 1 heterocycles. The minimum atomic E-state index is -0.253. The molecule has 0 unspecified atom stereocenters. The summed E-state index contributed by atoms with van der Waals surface area (Å²) in [6.07, 6.45) is 1.98. The first kappa shape index (κ1) is 17.6. The highest BCUT2D eigenvalue weighted by molar-refractivity contribution is 5.94. The van der Waals surface area contributed by atoms with E-state index in [0.717, 1.165) is 5.56 Å². The van der Waals surface area contributed by atoms with E-state index in [9.17, 15) is 9.18 Å². The molecule has 0 aliphatic rings. The maximum Gasteiger partial charge on any atom is 0.252 e. The number of amides is 1. The van der Waals surface area contributed by atoms with Crippen LogP contribution in [0.5, 0.6) is 0 Å². The summed E-state index contributed by atoms with van der Waals surface area (Å²) in [5.41, 5.74) is 2.22. The van der Waals surface area contributed by atoms with Gasteiger partial charge in [-0.25, -0.2) is 9.37 Å². The zero-order valence-electron chi connectivity index (χ0n) is 14.3. The predicted octanol–water partition coefficient (Wildman–Crippen LogP) is 3.81. The molecule has 2 N–H and O–H groups in total. The minimum Gasteiger partial charge on any atom is -0.366 e. The summed E-state index contributed by atoms with van der Waals surface area (Å²) in [5.74, 6) is 0.234. The molecule has 4 nitrogen and oxygen atoms in total. The molecule has 0 atom stereocenters. The third kappa shape index (κ3) is 4.89. The summed E-state index contributed by atoms with van der Waals surface area (Å²) >= 11 is 0. The molecule has 0 aliphatic carbocycles. The number of anilines is 1. The average molecular weight is 349 g/mol. The van der Waals surface area contributed by atoms with Gasteiger partial charge in [0.15, 0.2) is 0 Å². The number of nitrogens with zero attached hydrogens (tertiary/aromatic N) is 1. The lowest BCUT2D eigenvalue weighted by atomic mass is 10.1. The smallest absolute Gasteiger partial charge is 0.252 e. The van der Waals surface area contributed by atoms with E-state index in [1.54, 1.807) is 30.3 Å². The summed E-state index contributed by atoms with van der Waals surface area (Å²) in [7, 11) is 0. The van der Waals surface area contributed by atoms with Gasteiger partial charge in [0.2, 0.25) is 0 Å². The zero-order valence-corrected chi connectivity index (χ0v) is 14.3. The van der Waals surface area contributed by atoms with Crippen LogP contribution in [-0.2, 0) is 13.0 Å². The molecule has 0 saturated carbocycles. The number of carbonyl (C=O) groups excluding carboxylic acids is 1. The van der Waals surface area contributed by atoms with Gasteiger partial charge < -0.3 is 10.6 Å². The summed E-state index contributed by atoms with van der Waals surface area (Å²) < 4.78 is 13.5. The van der Waals surface area contributed by atoms with Gasteiger partial charge in [0, 0.05) is 19.3 Å². The molecule has 0 spiro atoms. The first-order valence-corrected chi connectivity index (χ1v) is 8.48. The first-order chi connectivity index (χ1) is 12.7. The molecule has 3 rings (SSSR count). The molecule has 132 valence electrons. The fourth-order valence-corrected chi connectivity index (χ4v) is 2.54. The lowest BCUT2D eigenvalue weighted by molar-refractivity contribution is 0.0953. The molecule has 2 aromatic carbocycles. The van der Waals surface area contributed by atoms with Gasteiger partial charge in [0.1, 0.15) is 11.6 Å². The van der Waals surface area contributed by atoms with Crippen LogP contribution < -0.4 is 10.6 Å². The molecule has 1 aromatic heterocycles. The summed E-state index contributed by atoms with van der Waals surface area (Å²) in [6, 6.07) is 20.1. The number of hydrogen-bond acceptors (Lipinski definition) is 3. The van der Waals surface area contributed by atoms with Crippen molar-refractivity contribution in [2.45, 2.75) is 13.0 Å². The number of benzene rings is 2. The Labute approximate surface area is 152 Å². The molecular formula is C21H20FN3O. The fraction of sp³-hybridized carbons (Fsp3) is 0.143. The van der Waals surface area contributed by atoms with E-state index in [-0.39, 0.29) is 11.7 Å². The Hall–Kier alpha value is -3.21. The number of rotatable bonds is 7. The van der Waals surface area contributed by atoms with Crippen LogP contribution in [0.15, 0.2) is 72.9 Å². The molecule has 0 radical (unpaired) electrons. The minimum absolute atomic E-state index is 0.219. The highest BCUT2D eigenvalue weighted by Crippen LogP contribution is 2.09.